The summed E-state index contributed by atoms with van der Waals surface area (Å²) in [6, 6.07) is 0.444. The molecule has 1 atom stereocenters. The molecule has 0 aliphatic heterocycles. The van der Waals surface area contributed by atoms with Crippen molar-refractivity contribution in [3.05, 3.63) is 0 Å². The van der Waals surface area contributed by atoms with Gasteiger partial charge in [-0.15, -0.1) is 0 Å². The summed E-state index contributed by atoms with van der Waals surface area (Å²) in [5.74, 6) is 0. The summed E-state index contributed by atoms with van der Waals surface area (Å²) in [4.78, 5) is 0. The lowest BCUT2D eigenvalue weighted by atomic mass is 10.2. The van der Waals surface area contributed by atoms with Gasteiger partial charge in [-0.1, -0.05) is 0 Å². The van der Waals surface area contributed by atoms with Gasteiger partial charge in [0.15, 0.2) is 0 Å². The molecule has 0 aromatic rings. The number of methoxy groups -OCH3 is 1. The Labute approximate surface area is 74.1 Å². The van der Waals surface area contributed by atoms with E-state index in [9.17, 15) is 0 Å². The zero-order valence-electron chi connectivity index (χ0n) is 7.97. The average molecular weight is 173 g/mol. The van der Waals surface area contributed by atoms with Gasteiger partial charge in [0.1, 0.15) is 0 Å². The molecule has 2 N–H and O–H groups in total. The molecule has 1 saturated carbocycles. The lowest BCUT2D eigenvalue weighted by Crippen LogP contribution is -2.41. The Morgan fingerprint density at radius 3 is 2.67 bits per heavy atom. The summed E-state index contributed by atoms with van der Waals surface area (Å²) in [6.45, 7) is 3.19. The second-order valence-corrected chi connectivity index (χ2v) is 3.77. The zero-order chi connectivity index (χ0) is 9.03. The molecule has 0 aromatic heterocycles. The molecule has 1 unspecified atom stereocenters. The van der Waals surface area contributed by atoms with E-state index < -0.39 is 0 Å². The zero-order valence-corrected chi connectivity index (χ0v) is 7.97. The molecule has 3 nitrogen and oxygen atoms in total. The average Bonchev–Trinajstić information content (AvgIpc) is 2.82. The van der Waals surface area contributed by atoms with E-state index in [-0.39, 0.29) is 12.1 Å². The van der Waals surface area contributed by atoms with Crippen LogP contribution in [0.5, 0.6) is 0 Å². The molecule has 1 fully saturated rings. The molecule has 0 amide bonds. The Morgan fingerprint density at radius 1 is 1.58 bits per heavy atom. The summed E-state index contributed by atoms with van der Waals surface area (Å²) in [5, 5.41) is 12.5. The molecule has 72 valence electrons. The van der Waals surface area contributed by atoms with Crippen molar-refractivity contribution in [1.82, 2.24) is 5.32 Å². The number of hydrogen-bond donors (Lipinski definition) is 2. The highest BCUT2D eigenvalue weighted by Crippen LogP contribution is 2.35. The van der Waals surface area contributed by atoms with Crippen molar-refractivity contribution >= 4 is 0 Å². The monoisotopic (exact) mass is 173 g/mol. The smallest absolute Gasteiger partial charge is 0.0613 e. The van der Waals surface area contributed by atoms with Crippen LogP contribution in [0.25, 0.3) is 0 Å². The highest BCUT2D eigenvalue weighted by atomic mass is 16.5. The first-order chi connectivity index (χ1) is 5.72. The maximum Gasteiger partial charge on any atom is 0.0613 e. The summed E-state index contributed by atoms with van der Waals surface area (Å²) >= 11 is 0. The van der Waals surface area contributed by atoms with Gasteiger partial charge in [-0.05, 0) is 26.2 Å². The van der Waals surface area contributed by atoms with Gasteiger partial charge in [-0.25, -0.2) is 0 Å². The minimum atomic E-state index is 0.0627. The van der Waals surface area contributed by atoms with Gasteiger partial charge >= 0.3 is 0 Å². The summed E-state index contributed by atoms with van der Waals surface area (Å²) in [5.41, 5.74) is 0.0627. The van der Waals surface area contributed by atoms with Crippen molar-refractivity contribution in [2.24, 2.45) is 0 Å². The Hall–Kier alpha value is -0.120. The Balaban J connectivity index is 2.13. The van der Waals surface area contributed by atoms with Crippen molar-refractivity contribution in [3.8, 4) is 0 Å². The predicted molar refractivity (Wildman–Crippen MR) is 48.1 cm³/mol. The van der Waals surface area contributed by atoms with Crippen LogP contribution in [0.15, 0.2) is 0 Å². The highest BCUT2D eigenvalue weighted by molar-refractivity contribution is 5.02. The van der Waals surface area contributed by atoms with Crippen molar-refractivity contribution < 1.29 is 9.84 Å². The molecule has 0 saturated heterocycles. The van der Waals surface area contributed by atoms with Gasteiger partial charge in [-0.2, -0.15) is 0 Å². The third-order valence-corrected chi connectivity index (χ3v) is 2.46. The summed E-state index contributed by atoms with van der Waals surface area (Å²) < 4.78 is 4.98. The van der Waals surface area contributed by atoms with Crippen LogP contribution in [0.1, 0.15) is 26.2 Å². The topological polar surface area (TPSA) is 41.5 Å². The molecular formula is C9H19NO2. The SMILES string of the molecule is COCCC(C)NC1(CO)CC1. The second kappa shape index (κ2) is 4.21. The molecule has 1 aliphatic carbocycles. The van der Waals surface area contributed by atoms with Crippen LogP contribution in [0.3, 0.4) is 0 Å². The van der Waals surface area contributed by atoms with E-state index >= 15 is 0 Å². The largest absolute Gasteiger partial charge is 0.394 e. The van der Waals surface area contributed by atoms with Gasteiger partial charge in [0.05, 0.1) is 6.61 Å². The molecule has 1 aliphatic rings. The Morgan fingerprint density at radius 2 is 2.25 bits per heavy atom. The standard InChI is InChI=1S/C9H19NO2/c1-8(3-6-12-2)10-9(7-11)4-5-9/h8,10-11H,3-7H2,1-2H3. The number of rotatable bonds is 6. The van der Waals surface area contributed by atoms with E-state index in [1.54, 1.807) is 7.11 Å². The van der Waals surface area contributed by atoms with Crippen molar-refractivity contribution in [1.29, 1.82) is 0 Å². The Kier molecular flexibility index (Phi) is 3.50. The predicted octanol–water partition coefficient (Wildman–Crippen LogP) is 0.526. The highest BCUT2D eigenvalue weighted by Gasteiger charge is 2.42. The maximum absolute atomic E-state index is 9.04. The first-order valence-electron chi connectivity index (χ1n) is 4.60. The number of aliphatic hydroxyl groups excluding tert-OH is 1. The van der Waals surface area contributed by atoms with E-state index in [4.69, 9.17) is 9.84 Å². The fourth-order valence-electron chi connectivity index (χ4n) is 1.39. The van der Waals surface area contributed by atoms with Crippen LogP contribution in [-0.2, 0) is 4.74 Å². The first-order valence-corrected chi connectivity index (χ1v) is 4.60. The number of ether oxygens (including phenoxy) is 1. The molecule has 0 heterocycles. The fraction of sp³-hybridized carbons (Fsp3) is 1.00. The van der Waals surface area contributed by atoms with E-state index in [1.807, 2.05) is 0 Å². The van der Waals surface area contributed by atoms with Crippen LogP contribution in [0.4, 0.5) is 0 Å². The summed E-state index contributed by atoms with van der Waals surface area (Å²) in [7, 11) is 1.71. The van der Waals surface area contributed by atoms with E-state index in [2.05, 4.69) is 12.2 Å². The fourth-order valence-corrected chi connectivity index (χ4v) is 1.39. The van der Waals surface area contributed by atoms with Crippen LogP contribution in [0.2, 0.25) is 0 Å². The molecule has 1 rings (SSSR count). The molecule has 0 radical (unpaired) electrons. The molecule has 12 heavy (non-hydrogen) atoms. The number of aliphatic hydroxyl groups is 1. The van der Waals surface area contributed by atoms with Crippen LogP contribution in [-0.4, -0.2) is 37.0 Å². The second-order valence-electron chi connectivity index (χ2n) is 3.77. The normalized spacial score (nSPS) is 22.2. The number of nitrogens with one attached hydrogen (secondary N) is 1. The van der Waals surface area contributed by atoms with E-state index in [0.29, 0.717) is 6.04 Å². The minimum absolute atomic E-state index is 0.0627. The molecule has 3 heteroatoms. The maximum atomic E-state index is 9.04. The van der Waals surface area contributed by atoms with Crippen LogP contribution in [0, 0.1) is 0 Å². The van der Waals surface area contributed by atoms with Crippen molar-refractivity contribution in [2.75, 3.05) is 20.3 Å². The summed E-state index contributed by atoms with van der Waals surface area (Å²) in [6.07, 6.45) is 3.24. The molecule has 0 bridgehead atoms. The molecule has 0 spiro atoms. The van der Waals surface area contributed by atoms with Crippen molar-refractivity contribution in [3.63, 3.8) is 0 Å². The molecular weight excluding hydrogens is 154 g/mol. The third kappa shape index (κ3) is 2.73. The van der Waals surface area contributed by atoms with Crippen LogP contribution >= 0.6 is 0 Å². The van der Waals surface area contributed by atoms with Gasteiger partial charge < -0.3 is 15.2 Å². The minimum Gasteiger partial charge on any atom is -0.394 e. The Bertz CT molecular complexity index is 134. The van der Waals surface area contributed by atoms with Crippen LogP contribution < -0.4 is 5.32 Å². The van der Waals surface area contributed by atoms with E-state index in [0.717, 1.165) is 25.9 Å². The quantitative estimate of drug-likeness (QED) is 0.615. The van der Waals surface area contributed by atoms with Gasteiger partial charge in [-0.3, -0.25) is 0 Å². The number of hydrogen-bond acceptors (Lipinski definition) is 3. The lowest BCUT2D eigenvalue weighted by molar-refractivity contribution is 0.171. The lowest BCUT2D eigenvalue weighted by Gasteiger charge is -2.20. The first kappa shape index (κ1) is 9.96. The van der Waals surface area contributed by atoms with Gasteiger partial charge in [0.2, 0.25) is 0 Å². The van der Waals surface area contributed by atoms with Gasteiger partial charge in [0.25, 0.3) is 0 Å². The van der Waals surface area contributed by atoms with E-state index in [1.165, 1.54) is 0 Å². The van der Waals surface area contributed by atoms with Gasteiger partial charge in [0, 0.05) is 25.3 Å². The van der Waals surface area contributed by atoms with Crippen molar-refractivity contribution in [2.45, 2.75) is 37.8 Å². The third-order valence-electron chi connectivity index (χ3n) is 2.46. The molecule has 0 aromatic carbocycles.